The zero-order valence-electron chi connectivity index (χ0n) is 7.23. The van der Waals surface area contributed by atoms with Gasteiger partial charge in [0.15, 0.2) is 6.07 Å². The lowest BCUT2D eigenvalue weighted by Crippen LogP contribution is -2.53. The molecule has 1 amide bonds. The number of carbonyl (C=O) groups excluding carboxylic acids is 2. The predicted molar refractivity (Wildman–Crippen MR) is 52.6 cm³/mol. The molecule has 1 saturated heterocycles. The second-order valence-electron chi connectivity index (χ2n) is 2.89. The van der Waals surface area contributed by atoms with Gasteiger partial charge < -0.3 is 4.74 Å². The first kappa shape index (κ1) is 9.86. The van der Waals surface area contributed by atoms with Crippen LogP contribution in [0.5, 0.6) is 0 Å². The fraction of sp³-hybridized carbons (Fsp3) is 0.500. The zero-order valence-corrected chi connectivity index (χ0v) is 8.81. The highest BCUT2D eigenvalue weighted by molar-refractivity contribution is 8.00. The predicted octanol–water partition coefficient (Wildman–Crippen LogP) is 0.915. The number of halogens is 1. The third-order valence-electron chi connectivity index (χ3n) is 2.13. The molecule has 14 heavy (non-hydrogen) atoms. The number of hydrogen-bond donors (Lipinski definition) is 0. The Hall–Kier alpha value is -0.680. The van der Waals surface area contributed by atoms with Crippen molar-refractivity contribution in [3.05, 3.63) is 11.8 Å². The van der Waals surface area contributed by atoms with Gasteiger partial charge in [0.05, 0.1) is 11.8 Å². The highest BCUT2D eigenvalue weighted by Crippen LogP contribution is 2.37. The minimum absolute atomic E-state index is 0.0278. The summed E-state index contributed by atoms with van der Waals surface area (Å²) in [4.78, 5) is 24.0. The van der Waals surface area contributed by atoms with Crippen LogP contribution in [-0.2, 0) is 14.3 Å². The summed E-state index contributed by atoms with van der Waals surface area (Å²) < 4.78 is 4.64. The van der Waals surface area contributed by atoms with Crippen molar-refractivity contribution in [3.63, 3.8) is 0 Å². The van der Waals surface area contributed by atoms with E-state index in [1.165, 1.54) is 4.90 Å². The quantitative estimate of drug-likeness (QED) is 0.404. The number of esters is 1. The molecular weight excluding hydrogens is 226 g/mol. The fourth-order valence-electron chi connectivity index (χ4n) is 1.45. The minimum Gasteiger partial charge on any atom is -0.445 e. The monoisotopic (exact) mass is 233 g/mol. The van der Waals surface area contributed by atoms with E-state index in [0.717, 1.165) is 5.75 Å². The summed E-state index contributed by atoms with van der Waals surface area (Å²) in [5.74, 6) is 0.194. The maximum Gasteiger partial charge on any atom is 0.355 e. The topological polar surface area (TPSA) is 46.6 Å². The van der Waals surface area contributed by atoms with Gasteiger partial charge in [0.2, 0.25) is 5.91 Å². The molecule has 0 aliphatic carbocycles. The molecule has 0 saturated carbocycles. The normalized spacial score (nSPS) is 24.9. The number of amides is 1. The summed E-state index contributed by atoms with van der Waals surface area (Å²) in [6.45, 7) is 0. The van der Waals surface area contributed by atoms with Crippen LogP contribution in [0.2, 0.25) is 0 Å². The van der Waals surface area contributed by atoms with E-state index in [1.54, 1.807) is 17.8 Å². The van der Waals surface area contributed by atoms with E-state index in [1.807, 2.05) is 0 Å². The molecule has 2 heterocycles. The average molecular weight is 234 g/mol. The molecule has 2 rings (SSSR count). The van der Waals surface area contributed by atoms with E-state index in [2.05, 4.69) is 4.74 Å². The first-order valence-electron chi connectivity index (χ1n) is 4.11. The van der Waals surface area contributed by atoms with Gasteiger partial charge in [-0.3, -0.25) is 9.69 Å². The summed E-state index contributed by atoms with van der Waals surface area (Å²) >= 11 is 6.92. The lowest BCUT2D eigenvalue weighted by Gasteiger charge is -2.42. The van der Waals surface area contributed by atoms with Gasteiger partial charge in [-0.05, 0) is 6.08 Å². The highest BCUT2D eigenvalue weighted by Gasteiger charge is 2.43. The van der Waals surface area contributed by atoms with Crippen LogP contribution in [0.15, 0.2) is 11.8 Å². The number of thioether (sulfide) groups is 1. The first-order valence-corrected chi connectivity index (χ1v) is 5.69. The Balaban J connectivity index is 2.13. The van der Waals surface area contributed by atoms with Crippen molar-refractivity contribution in [1.82, 2.24) is 4.90 Å². The number of carbonyl (C=O) groups is 2. The number of nitrogens with zero attached hydrogens (tertiary/aromatic N) is 1. The van der Waals surface area contributed by atoms with E-state index >= 15 is 0 Å². The highest BCUT2D eigenvalue weighted by atomic mass is 35.5. The number of alkyl halides is 1. The molecule has 1 atom stereocenters. The Morgan fingerprint density at radius 3 is 3.21 bits per heavy atom. The van der Waals surface area contributed by atoms with Gasteiger partial charge in [0.1, 0.15) is 5.70 Å². The van der Waals surface area contributed by atoms with E-state index in [9.17, 15) is 9.59 Å². The van der Waals surface area contributed by atoms with Gasteiger partial charge >= 0.3 is 5.97 Å². The Kier molecular flexibility index (Phi) is 2.69. The molecule has 0 bridgehead atoms. The third kappa shape index (κ3) is 1.50. The van der Waals surface area contributed by atoms with Crippen LogP contribution < -0.4 is 0 Å². The summed E-state index contributed by atoms with van der Waals surface area (Å²) in [6.07, 6.45) is 2.21. The van der Waals surface area contributed by atoms with E-state index < -0.39 is 5.97 Å². The number of rotatable bonds is 2. The molecule has 2 aliphatic rings. The van der Waals surface area contributed by atoms with Crippen molar-refractivity contribution >= 4 is 35.2 Å². The maximum absolute atomic E-state index is 11.4. The Labute approximate surface area is 90.2 Å². The van der Waals surface area contributed by atoms with Crippen LogP contribution in [0.1, 0.15) is 6.42 Å². The van der Waals surface area contributed by atoms with Crippen LogP contribution in [0.4, 0.5) is 0 Å². The lowest BCUT2D eigenvalue weighted by molar-refractivity contribution is -0.148. The smallest absolute Gasteiger partial charge is 0.355 e. The van der Waals surface area contributed by atoms with Gasteiger partial charge in [0.25, 0.3) is 0 Å². The summed E-state index contributed by atoms with van der Waals surface area (Å²) in [6, 6.07) is -0.185. The van der Waals surface area contributed by atoms with Gasteiger partial charge in [-0.1, -0.05) is 11.6 Å². The van der Waals surface area contributed by atoms with E-state index in [0.29, 0.717) is 12.1 Å². The first-order chi connectivity index (χ1) is 6.74. The van der Waals surface area contributed by atoms with Crippen LogP contribution >= 0.6 is 23.4 Å². The molecule has 0 aromatic carbocycles. The van der Waals surface area contributed by atoms with Crippen LogP contribution in [0.3, 0.4) is 0 Å². The molecule has 2 aliphatic heterocycles. The molecule has 0 spiro atoms. The Morgan fingerprint density at radius 1 is 1.79 bits per heavy atom. The van der Waals surface area contributed by atoms with Crippen LogP contribution in [-0.4, -0.2) is 34.0 Å². The maximum atomic E-state index is 11.4. The molecule has 0 aromatic rings. The molecule has 0 unspecified atom stereocenters. The van der Waals surface area contributed by atoms with Crippen molar-refractivity contribution in [2.24, 2.45) is 0 Å². The standard InChI is InChI=1S/C8H8ClNO3S/c9-4-13-8(12)5-1-2-14-7-3-6(11)10(5)7/h1,7H,2-4H2/t7-/m1/s1. The van der Waals surface area contributed by atoms with E-state index in [-0.39, 0.29) is 17.3 Å². The molecule has 76 valence electrons. The molecule has 6 heteroatoms. The van der Waals surface area contributed by atoms with Crippen molar-refractivity contribution in [2.45, 2.75) is 11.8 Å². The molecule has 1 fully saturated rings. The van der Waals surface area contributed by atoms with Crippen molar-refractivity contribution in [1.29, 1.82) is 0 Å². The van der Waals surface area contributed by atoms with Gasteiger partial charge in [0, 0.05) is 5.75 Å². The van der Waals surface area contributed by atoms with Gasteiger partial charge in [-0.25, -0.2) is 4.79 Å². The second-order valence-corrected chi connectivity index (χ2v) is 4.32. The molecule has 4 nitrogen and oxygen atoms in total. The van der Waals surface area contributed by atoms with Gasteiger partial charge in [-0.2, -0.15) is 0 Å². The molecule has 0 aromatic heterocycles. The zero-order chi connectivity index (χ0) is 10.1. The van der Waals surface area contributed by atoms with Gasteiger partial charge in [-0.15, -0.1) is 11.8 Å². The second kappa shape index (κ2) is 3.82. The number of hydrogen-bond acceptors (Lipinski definition) is 4. The summed E-state index contributed by atoms with van der Waals surface area (Å²) in [5.41, 5.74) is 0.339. The number of ether oxygens (including phenoxy) is 1. The lowest BCUT2D eigenvalue weighted by atomic mass is 10.1. The molecule has 0 N–H and O–H groups in total. The number of fused-ring (bicyclic) bond motifs is 1. The molecule has 0 radical (unpaired) electrons. The summed E-state index contributed by atoms with van der Waals surface area (Å²) in [7, 11) is 0. The fourth-order valence-corrected chi connectivity index (χ4v) is 2.67. The SMILES string of the molecule is O=C(OCCl)C1=CCS[C@@H]2CC(=O)N12. The van der Waals surface area contributed by atoms with Crippen molar-refractivity contribution in [2.75, 3.05) is 11.8 Å². The number of β-lactam (4-membered cyclic amide) rings is 1. The van der Waals surface area contributed by atoms with Crippen LogP contribution in [0.25, 0.3) is 0 Å². The summed E-state index contributed by atoms with van der Waals surface area (Å²) in [5, 5.41) is 0.116. The molecular formula is C8H8ClNO3S. The third-order valence-corrected chi connectivity index (χ3v) is 3.36. The van der Waals surface area contributed by atoms with Crippen LogP contribution in [0, 0.1) is 0 Å². The Morgan fingerprint density at radius 2 is 2.57 bits per heavy atom. The Bertz CT molecular complexity index is 318. The minimum atomic E-state index is -0.515. The van der Waals surface area contributed by atoms with E-state index in [4.69, 9.17) is 11.6 Å². The van der Waals surface area contributed by atoms with Crippen molar-refractivity contribution in [3.8, 4) is 0 Å². The van der Waals surface area contributed by atoms with Crippen molar-refractivity contribution < 1.29 is 14.3 Å². The average Bonchev–Trinajstić information content (AvgIpc) is 2.16. The largest absolute Gasteiger partial charge is 0.445 e.